The van der Waals surface area contributed by atoms with Gasteiger partial charge in [-0.15, -0.1) is 0 Å². The van der Waals surface area contributed by atoms with Gasteiger partial charge in [0, 0.05) is 24.2 Å². The number of carbonyl (C=O) groups excluding carboxylic acids is 1. The zero-order valence-corrected chi connectivity index (χ0v) is 9.37. The van der Waals surface area contributed by atoms with Crippen LogP contribution in [-0.4, -0.2) is 29.7 Å². The third-order valence-electron chi connectivity index (χ3n) is 2.34. The maximum absolute atomic E-state index is 11.7. The van der Waals surface area contributed by atoms with Crippen molar-refractivity contribution in [1.82, 2.24) is 20.8 Å². The molecule has 5 nitrogen and oxygen atoms in total. The molecule has 1 amide bonds. The first kappa shape index (κ1) is 11.7. The SMILES string of the molecule is CNCC(C)C(=O)NC(C)c1cn[nH]c1. The number of amides is 1. The maximum Gasteiger partial charge on any atom is 0.224 e. The second-order valence-electron chi connectivity index (χ2n) is 3.72. The predicted octanol–water partition coefficient (Wildman–Crippen LogP) is 0.442. The lowest BCUT2D eigenvalue weighted by atomic mass is 10.1. The number of hydrogen-bond acceptors (Lipinski definition) is 3. The van der Waals surface area contributed by atoms with E-state index in [1.807, 2.05) is 20.9 Å². The van der Waals surface area contributed by atoms with E-state index in [2.05, 4.69) is 20.8 Å². The van der Waals surface area contributed by atoms with Gasteiger partial charge in [-0.2, -0.15) is 5.10 Å². The van der Waals surface area contributed by atoms with E-state index >= 15 is 0 Å². The average Bonchev–Trinajstić information content (AvgIpc) is 2.70. The first-order valence-electron chi connectivity index (χ1n) is 5.08. The van der Waals surface area contributed by atoms with E-state index in [4.69, 9.17) is 0 Å². The van der Waals surface area contributed by atoms with Crippen molar-refractivity contribution < 1.29 is 4.79 Å². The Balaban J connectivity index is 2.44. The summed E-state index contributed by atoms with van der Waals surface area (Å²) >= 11 is 0. The Morgan fingerprint density at radius 1 is 1.60 bits per heavy atom. The van der Waals surface area contributed by atoms with Gasteiger partial charge in [-0.25, -0.2) is 0 Å². The number of nitrogens with one attached hydrogen (secondary N) is 3. The molecule has 15 heavy (non-hydrogen) atoms. The Bertz CT molecular complexity index is 296. The van der Waals surface area contributed by atoms with Gasteiger partial charge in [0.15, 0.2) is 0 Å². The number of aromatic amines is 1. The van der Waals surface area contributed by atoms with Crippen molar-refractivity contribution in [3.8, 4) is 0 Å². The highest BCUT2D eigenvalue weighted by Gasteiger charge is 2.15. The lowest BCUT2D eigenvalue weighted by Crippen LogP contribution is -2.35. The first-order chi connectivity index (χ1) is 7.15. The summed E-state index contributed by atoms with van der Waals surface area (Å²) in [5, 5.41) is 12.5. The number of hydrogen-bond donors (Lipinski definition) is 3. The Hall–Kier alpha value is -1.36. The molecule has 0 aliphatic rings. The van der Waals surface area contributed by atoms with Crippen LogP contribution in [0.1, 0.15) is 25.5 Å². The van der Waals surface area contributed by atoms with Crippen molar-refractivity contribution in [3.05, 3.63) is 18.0 Å². The largest absolute Gasteiger partial charge is 0.349 e. The summed E-state index contributed by atoms with van der Waals surface area (Å²) < 4.78 is 0. The molecule has 0 aromatic carbocycles. The minimum atomic E-state index is -0.0237. The minimum Gasteiger partial charge on any atom is -0.349 e. The van der Waals surface area contributed by atoms with E-state index in [0.717, 1.165) is 5.56 Å². The van der Waals surface area contributed by atoms with Gasteiger partial charge in [0.05, 0.1) is 12.2 Å². The molecule has 0 aliphatic heterocycles. The van der Waals surface area contributed by atoms with Crippen LogP contribution in [-0.2, 0) is 4.79 Å². The van der Waals surface area contributed by atoms with Gasteiger partial charge < -0.3 is 10.6 Å². The van der Waals surface area contributed by atoms with Gasteiger partial charge in [0.2, 0.25) is 5.91 Å². The van der Waals surface area contributed by atoms with Crippen molar-refractivity contribution in [2.75, 3.05) is 13.6 Å². The fourth-order valence-corrected chi connectivity index (χ4v) is 1.34. The van der Waals surface area contributed by atoms with Crippen LogP contribution in [0, 0.1) is 5.92 Å². The van der Waals surface area contributed by atoms with Crippen LogP contribution in [0.2, 0.25) is 0 Å². The van der Waals surface area contributed by atoms with Crippen molar-refractivity contribution in [1.29, 1.82) is 0 Å². The zero-order chi connectivity index (χ0) is 11.3. The molecule has 1 aromatic rings. The van der Waals surface area contributed by atoms with Crippen LogP contribution >= 0.6 is 0 Å². The predicted molar refractivity (Wildman–Crippen MR) is 58.2 cm³/mol. The number of aromatic nitrogens is 2. The fraction of sp³-hybridized carbons (Fsp3) is 0.600. The highest BCUT2D eigenvalue weighted by Crippen LogP contribution is 2.09. The third kappa shape index (κ3) is 3.36. The lowest BCUT2D eigenvalue weighted by molar-refractivity contribution is -0.125. The Morgan fingerprint density at radius 2 is 2.33 bits per heavy atom. The van der Waals surface area contributed by atoms with E-state index in [-0.39, 0.29) is 17.9 Å². The molecule has 0 spiro atoms. The molecule has 0 fully saturated rings. The first-order valence-corrected chi connectivity index (χ1v) is 5.08. The van der Waals surface area contributed by atoms with E-state index in [9.17, 15) is 4.79 Å². The summed E-state index contributed by atoms with van der Waals surface area (Å²) in [5.74, 6) is 0.0300. The number of H-pyrrole nitrogens is 1. The molecule has 0 saturated carbocycles. The molecule has 0 aliphatic carbocycles. The number of carbonyl (C=O) groups is 1. The molecule has 0 bridgehead atoms. The number of rotatable bonds is 5. The second kappa shape index (κ2) is 5.50. The van der Waals surface area contributed by atoms with Gasteiger partial charge in [-0.05, 0) is 14.0 Å². The Labute approximate surface area is 89.6 Å². The second-order valence-corrected chi connectivity index (χ2v) is 3.72. The van der Waals surface area contributed by atoms with Crippen molar-refractivity contribution in [3.63, 3.8) is 0 Å². The molecule has 0 saturated heterocycles. The van der Waals surface area contributed by atoms with E-state index in [0.29, 0.717) is 6.54 Å². The molecule has 2 unspecified atom stereocenters. The molecule has 5 heteroatoms. The van der Waals surface area contributed by atoms with Crippen LogP contribution in [0.15, 0.2) is 12.4 Å². The fourth-order valence-electron chi connectivity index (χ4n) is 1.34. The van der Waals surface area contributed by atoms with E-state index in [1.165, 1.54) is 0 Å². The van der Waals surface area contributed by atoms with Crippen LogP contribution in [0.25, 0.3) is 0 Å². The smallest absolute Gasteiger partial charge is 0.224 e. The maximum atomic E-state index is 11.7. The summed E-state index contributed by atoms with van der Waals surface area (Å²) in [6, 6.07) is -0.00411. The topological polar surface area (TPSA) is 69.8 Å². The molecular formula is C10H18N4O. The molecule has 84 valence electrons. The number of nitrogens with zero attached hydrogens (tertiary/aromatic N) is 1. The summed E-state index contributed by atoms with van der Waals surface area (Å²) in [4.78, 5) is 11.7. The van der Waals surface area contributed by atoms with Gasteiger partial charge in [-0.1, -0.05) is 6.92 Å². The van der Waals surface area contributed by atoms with Gasteiger partial charge in [0.1, 0.15) is 0 Å². The van der Waals surface area contributed by atoms with Crippen LogP contribution in [0.5, 0.6) is 0 Å². The Kier molecular flexibility index (Phi) is 4.30. The van der Waals surface area contributed by atoms with Gasteiger partial charge in [-0.3, -0.25) is 9.89 Å². The van der Waals surface area contributed by atoms with E-state index < -0.39 is 0 Å². The molecule has 3 N–H and O–H groups in total. The highest BCUT2D eigenvalue weighted by molar-refractivity contribution is 5.78. The average molecular weight is 210 g/mol. The quantitative estimate of drug-likeness (QED) is 0.660. The molecule has 0 radical (unpaired) electrons. The van der Waals surface area contributed by atoms with Crippen LogP contribution in [0.4, 0.5) is 0 Å². The summed E-state index contributed by atoms with van der Waals surface area (Å²) in [7, 11) is 1.84. The summed E-state index contributed by atoms with van der Waals surface area (Å²) in [6.07, 6.45) is 3.50. The van der Waals surface area contributed by atoms with E-state index in [1.54, 1.807) is 12.4 Å². The van der Waals surface area contributed by atoms with Gasteiger partial charge in [0.25, 0.3) is 0 Å². The molecular weight excluding hydrogens is 192 g/mol. The molecule has 1 aromatic heterocycles. The zero-order valence-electron chi connectivity index (χ0n) is 9.37. The van der Waals surface area contributed by atoms with Crippen molar-refractivity contribution in [2.45, 2.75) is 19.9 Å². The lowest BCUT2D eigenvalue weighted by Gasteiger charge is -2.16. The Morgan fingerprint density at radius 3 is 2.87 bits per heavy atom. The van der Waals surface area contributed by atoms with Crippen molar-refractivity contribution in [2.24, 2.45) is 5.92 Å². The normalized spacial score (nSPS) is 14.6. The standard InChI is InChI=1S/C10H18N4O/c1-7(4-11-3)10(15)14-8(2)9-5-12-13-6-9/h5-8,11H,4H2,1-3H3,(H,12,13)(H,14,15). The monoisotopic (exact) mass is 210 g/mol. The minimum absolute atomic E-state index is 0.00411. The molecule has 2 atom stereocenters. The molecule has 1 rings (SSSR count). The van der Waals surface area contributed by atoms with Crippen molar-refractivity contribution >= 4 is 5.91 Å². The molecule has 1 heterocycles. The third-order valence-corrected chi connectivity index (χ3v) is 2.34. The van der Waals surface area contributed by atoms with Crippen LogP contribution in [0.3, 0.4) is 0 Å². The van der Waals surface area contributed by atoms with Crippen LogP contribution < -0.4 is 10.6 Å². The highest BCUT2D eigenvalue weighted by atomic mass is 16.1. The summed E-state index contributed by atoms with van der Waals surface area (Å²) in [5.41, 5.74) is 0.986. The van der Waals surface area contributed by atoms with Gasteiger partial charge >= 0.3 is 0 Å². The summed E-state index contributed by atoms with van der Waals surface area (Å²) in [6.45, 7) is 4.52.